The highest BCUT2D eigenvalue weighted by Gasteiger charge is 2.31. The molecule has 2 heteroatoms. The van der Waals surface area contributed by atoms with E-state index in [4.69, 9.17) is 0 Å². The Morgan fingerprint density at radius 3 is 2.31 bits per heavy atom. The molecule has 0 radical (unpaired) electrons. The number of amides is 1. The molecule has 2 aromatic rings. The second kappa shape index (κ2) is 8.18. The number of benzene rings is 2. The van der Waals surface area contributed by atoms with Crippen LogP contribution in [-0.2, 0) is 6.54 Å². The molecule has 0 unspecified atom stereocenters. The van der Waals surface area contributed by atoms with Crippen LogP contribution in [0.1, 0.15) is 42.6 Å². The first-order valence-corrected chi connectivity index (χ1v) is 9.28. The molecular weight excluding hydrogens is 318 g/mol. The van der Waals surface area contributed by atoms with Gasteiger partial charge >= 0.3 is 0 Å². The molecule has 2 nitrogen and oxygen atoms in total. The van der Waals surface area contributed by atoms with E-state index in [0.717, 1.165) is 24.0 Å². The predicted molar refractivity (Wildman–Crippen MR) is 108 cm³/mol. The Balaban J connectivity index is 1.94. The molecule has 0 N–H and O–H groups in total. The lowest BCUT2D eigenvalue weighted by Crippen LogP contribution is -2.43. The maximum atomic E-state index is 13.3. The van der Waals surface area contributed by atoms with Crippen molar-refractivity contribution in [2.75, 3.05) is 0 Å². The minimum atomic E-state index is 0.0922. The minimum Gasteiger partial charge on any atom is -0.328 e. The van der Waals surface area contributed by atoms with Gasteiger partial charge < -0.3 is 4.90 Å². The van der Waals surface area contributed by atoms with Crippen LogP contribution < -0.4 is 0 Å². The molecule has 0 aromatic heterocycles. The second-order valence-electron chi connectivity index (χ2n) is 7.26. The van der Waals surface area contributed by atoms with Gasteiger partial charge in [-0.3, -0.25) is 4.79 Å². The lowest BCUT2D eigenvalue weighted by molar-refractivity contribution is 0.0664. The van der Waals surface area contributed by atoms with Gasteiger partial charge in [0.1, 0.15) is 0 Å². The third-order valence-corrected chi connectivity index (χ3v) is 5.31. The largest absolute Gasteiger partial charge is 0.328 e. The normalized spacial score (nSPS) is 19.5. The Hall–Kier alpha value is -2.61. The summed E-state index contributed by atoms with van der Waals surface area (Å²) >= 11 is 0. The average molecular weight is 345 g/mol. The number of carbonyl (C=O) groups excluding carboxylic acids is 1. The van der Waals surface area contributed by atoms with E-state index in [-0.39, 0.29) is 11.9 Å². The molecule has 0 saturated heterocycles. The zero-order valence-electron chi connectivity index (χ0n) is 15.7. The number of nitrogens with zero attached hydrogens (tertiary/aromatic N) is 1. The summed E-state index contributed by atoms with van der Waals surface area (Å²) in [6.07, 6.45) is 4.25. The molecule has 1 amide bonds. The zero-order valence-corrected chi connectivity index (χ0v) is 15.7. The molecule has 0 heterocycles. The van der Waals surface area contributed by atoms with Crippen LogP contribution in [0.3, 0.4) is 0 Å². The summed E-state index contributed by atoms with van der Waals surface area (Å²) < 4.78 is 0. The smallest absolute Gasteiger partial charge is 0.254 e. The monoisotopic (exact) mass is 345 g/mol. The Morgan fingerprint density at radius 2 is 1.69 bits per heavy atom. The van der Waals surface area contributed by atoms with E-state index in [2.05, 4.69) is 38.6 Å². The van der Waals surface area contributed by atoms with Gasteiger partial charge in [0.2, 0.25) is 0 Å². The van der Waals surface area contributed by atoms with Crippen LogP contribution in [0.25, 0.3) is 0 Å². The number of rotatable bonds is 5. The molecule has 26 heavy (non-hydrogen) atoms. The van der Waals surface area contributed by atoms with Gasteiger partial charge in [-0.2, -0.15) is 0 Å². The quantitative estimate of drug-likeness (QED) is 0.643. The summed E-state index contributed by atoms with van der Waals surface area (Å²) in [6, 6.07) is 19.9. The number of hydrogen-bond acceptors (Lipinski definition) is 1. The van der Waals surface area contributed by atoms with Gasteiger partial charge in [-0.05, 0) is 50.3 Å². The van der Waals surface area contributed by atoms with Crippen LogP contribution in [0.15, 0.2) is 84.5 Å². The van der Waals surface area contributed by atoms with E-state index in [0.29, 0.717) is 12.5 Å². The maximum absolute atomic E-state index is 13.3. The van der Waals surface area contributed by atoms with Gasteiger partial charge in [0.15, 0.2) is 0 Å². The minimum absolute atomic E-state index is 0.0922. The molecule has 1 aliphatic rings. The molecule has 1 aliphatic carbocycles. The standard InChI is InChI=1S/C24H27NO/c1-18(2)22-15-14-19(3)23(16-22)25(17-20-10-6-4-7-11-20)24(26)21-12-8-5-9-13-21/h4-14,22-23H,1,15-17H2,2-3H3/t22-,23+/m0/s1. The molecule has 134 valence electrons. The SMILES string of the molecule is C=C(C)[C@H]1CC=C(C)[C@H](N(Cc2ccccc2)C(=O)c2ccccc2)C1. The van der Waals surface area contributed by atoms with Crippen LogP contribution in [0.2, 0.25) is 0 Å². The first kappa shape index (κ1) is 18.2. The first-order valence-electron chi connectivity index (χ1n) is 9.28. The van der Waals surface area contributed by atoms with E-state index >= 15 is 0 Å². The molecule has 2 aromatic carbocycles. The fraction of sp³-hybridized carbons (Fsp3) is 0.292. The van der Waals surface area contributed by atoms with Crippen molar-refractivity contribution >= 4 is 5.91 Å². The van der Waals surface area contributed by atoms with Crippen LogP contribution in [-0.4, -0.2) is 16.8 Å². The van der Waals surface area contributed by atoms with E-state index in [1.807, 2.05) is 53.4 Å². The van der Waals surface area contributed by atoms with Gasteiger partial charge in [-0.1, -0.05) is 72.3 Å². The lowest BCUT2D eigenvalue weighted by atomic mass is 9.82. The summed E-state index contributed by atoms with van der Waals surface area (Å²) in [5.74, 6) is 0.528. The molecule has 0 spiro atoms. The Bertz CT molecular complexity index is 791. The highest BCUT2D eigenvalue weighted by Crippen LogP contribution is 2.33. The van der Waals surface area contributed by atoms with E-state index in [9.17, 15) is 4.79 Å². The van der Waals surface area contributed by atoms with Crippen molar-refractivity contribution in [3.05, 3.63) is 95.6 Å². The maximum Gasteiger partial charge on any atom is 0.254 e. The Kier molecular flexibility index (Phi) is 5.72. The molecule has 0 fully saturated rings. The van der Waals surface area contributed by atoms with Gasteiger partial charge in [-0.25, -0.2) is 0 Å². The van der Waals surface area contributed by atoms with E-state index < -0.39 is 0 Å². The first-order chi connectivity index (χ1) is 12.6. The van der Waals surface area contributed by atoms with Crippen molar-refractivity contribution in [2.24, 2.45) is 5.92 Å². The topological polar surface area (TPSA) is 20.3 Å². The highest BCUT2D eigenvalue weighted by atomic mass is 16.2. The Morgan fingerprint density at radius 1 is 1.08 bits per heavy atom. The molecule has 3 rings (SSSR count). The Labute approximate surface area is 156 Å². The van der Waals surface area contributed by atoms with Gasteiger partial charge in [0, 0.05) is 12.1 Å². The summed E-state index contributed by atoms with van der Waals surface area (Å²) in [4.78, 5) is 15.4. The van der Waals surface area contributed by atoms with Gasteiger partial charge in [0.25, 0.3) is 5.91 Å². The fourth-order valence-corrected chi connectivity index (χ4v) is 3.64. The van der Waals surface area contributed by atoms with E-state index in [1.54, 1.807) is 0 Å². The second-order valence-corrected chi connectivity index (χ2v) is 7.26. The van der Waals surface area contributed by atoms with E-state index in [1.165, 1.54) is 11.1 Å². The molecule has 0 bridgehead atoms. The van der Waals surface area contributed by atoms with Crippen LogP contribution >= 0.6 is 0 Å². The molecule has 0 saturated carbocycles. The van der Waals surface area contributed by atoms with Crippen molar-refractivity contribution in [3.8, 4) is 0 Å². The van der Waals surface area contributed by atoms with Crippen molar-refractivity contribution in [1.82, 2.24) is 4.90 Å². The van der Waals surface area contributed by atoms with Crippen LogP contribution in [0.5, 0.6) is 0 Å². The van der Waals surface area contributed by atoms with Crippen LogP contribution in [0.4, 0.5) is 0 Å². The summed E-state index contributed by atoms with van der Waals surface area (Å²) in [5, 5.41) is 0. The third-order valence-electron chi connectivity index (χ3n) is 5.31. The zero-order chi connectivity index (χ0) is 18.5. The fourth-order valence-electron chi connectivity index (χ4n) is 3.64. The van der Waals surface area contributed by atoms with Crippen molar-refractivity contribution in [1.29, 1.82) is 0 Å². The summed E-state index contributed by atoms with van der Waals surface area (Å²) in [7, 11) is 0. The third kappa shape index (κ3) is 4.13. The summed E-state index contributed by atoms with van der Waals surface area (Å²) in [5.41, 5.74) is 4.38. The number of allylic oxidation sites excluding steroid dienone is 2. The number of hydrogen-bond donors (Lipinski definition) is 0. The highest BCUT2D eigenvalue weighted by molar-refractivity contribution is 5.94. The lowest BCUT2D eigenvalue weighted by Gasteiger charge is -2.38. The average Bonchev–Trinajstić information content (AvgIpc) is 2.67. The van der Waals surface area contributed by atoms with Crippen molar-refractivity contribution in [3.63, 3.8) is 0 Å². The van der Waals surface area contributed by atoms with Gasteiger partial charge in [0.05, 0.1) is 6.04 Å². The van der Waals surface area contributed by atoms with Crippen molar-refractivity contribution in [2.45, 2.75) is 39.3 Å². The number of carbonyl (C=O) groups is 1. The molecule has 2 atom stereocenters. The molecule has 0 aliphatic heterocycles. The predicted octanol–water partition coefficient (Wildman–Crippen LogP) is 5.63. The van der Waals surface area contributed by atoms with Crippen molar-refractivity contribution < 1.29 is 4.79 Å². The molecular formula is C24H27NO. The van der Waals surface area contributed by atoms with Gasteiger partial charge in [-0.15, -0.1) is 0 Å². The summed E-state index contributed by atoms with van der Waals surface area (Å²) in [6.45, 7) is 9.01. The van der Waals surface area contributed by atoms with Crippen LogP contribution in [0, 0.1) is 5.92 Å².